The molecule has 160 valence electrons. The van der Waals surface area contributed by atoms with Crippen molar-refractivity contribution in [3.8, 4) is 0 Å². The van der Waals surface area contributed by atoms with Crippen molar-refractivity contribution in [2.75, 3.05) is 11.9 Å². The van der Waals surface area contributed by atoms with Crippen molar-refractivity contribution in [3.63, 3.8) is 0 Å². The normalized spacial score (nSPS) is 18.6. The maximum atomic E-state index is 13.2. The van der Waals surface area contributed by atoms with Crippen LogP contribution in [0, 0.1) is 11.7 Å². The van der Waals surface area contributed by atoms with Gasteiger partial charge in [0.05, 0.1) is 17.0 Å². The molecule has 0 aliphatic heterocycles. The predicted octanol–water partition coefficient (Wildman–Crippen LogP) is 2.96. The van der Waals surface area contributed by atoms with E-state index in [1.165, 1.54) is 18.5 Å². The number of benzene rings is 1. The smallest absolute Gasteiger partial charge is 0.275 e. The van der Waals surface area contributed by atoms with E-state index in [9.17, 15) is 18.8 Å². The molecule has 0 saturated heterocycles. The highest BCUT2D eigenvalue weighted by molar-refractivity contribution is 6.33. The number of halogens is 2. The largest absolute Gasteiger partial charge is 0.364 e. The van der Waals surface area contributed by atoms with Gasteiger partial charge < -0.3 is 20.9 Å². The fourth-order valence-electron chi connectivity index (χ4n) is 3.82. The number of anilines is 1. The first kappa shape index (κ1) is 21.8. The van der Waals surface area contributed by atoms with Crippen LogP contribution in [-0.2, 0) is 4.79 Å². The number of nitrogens with two attached hydrogens (primary N) is 1. The zero-order chi connectivity index (χ0) is 21.8. The second-order valence-corrected chi connectivity index (χ2v) is 7.61. The van der Waals surface area contributed by atoms with Gasteiger partial charge in [-0.25, -0.2) is 9.37 Å². The molecule has 10 heteroatoms. The molecule has 0 atom stereocenters. The molecule has 3 rings (SSSR count). The van der Waals surface area contributed by atoms with E-state index in [-0.39, 0.29) is 40.2 Å². The Labute approximate surface area is 178 Å². The van der Waals surface area contributed by atoms with Crippen molar-refractivity contribution in [1.29, 1.82) is 0 Å². The lowest BCUT2D eigenvalue weighted by Crippen LogP contribution is -2.44. The molecule has 1 saturated carbocycles. The minimum absolute atomic E-state index is 0.00942. The van der Waals surface area contributed by atoms with Gasteiger partial charge in [0.2, 0.25) is 5.91 Å². The highest BCUT2D eigenvalue weighted by atomic mass is 35.5. The lowest BCUT2D eigenvalue weighted by molar-refractivity contribution is -0.121. The van der Waals surface area contributed by atoms with E-state index in [2.05, 4.69) is 15.3 Å². The molecule has 0 unspecified atom stereocenters. The quantitative estimate of drug-likeness (QED) is 0.645. The van der Waals surface area contributed by atoms with Crippen LogP contribution in [0.4, 0.5) is 10.1 Å². The van der Waals surface area contributed by atoms with Gasteiger partial charge in [0.25, 0.3) is 11.8 Å². The summed E-state index contributed by atoms with van der Waals surface area (Å²) in [5.41, 5.74) is 5.66. The summed E-state index contributed by atoms with van der Waals surface area (Å²) < 4.78 is 13.2. The molecule has 1 aromatic carbocycles. The number of imidazole rings is 1. The number of carbonyl (C=O) groups is 3. The minimum atomic E-state index is -0.744. The number of amides is 3. The molecule has 1 heterocycles. The van der Waals surface area contributed by atoms with E-state index in [1.54, 1.807) is 4.90 Å². The van der Waals surface area contributed by atoms with Crippen molar-refractivity contribution >= 4 is 35.0 Å². The van der Waals surface area contributed by atoms with Crippen LogP contribution in [0.1, 0.15) is 53.6 Å². The van der Waals surface area contributed by atoms with Crippen LogP contribution in [0.2, 0.25) is 5.02 Å². The number of rotatable bonds is 6. The van der Waals surface area contributed by atoms with E-state index in [0.717, 1.165) is 6.07 Å². The number of nitrogens with zero attached hydrogens (tertiary/aromatic N) is 2. The zero-order valence-electron chi connectivity index (χ0n) is 16.5. The van der Waals surface area contributed by atoms with Gasteiger partial charge in [0.1, 0.15) is 11.5 Å². The number of hydrogen-bond donors (Lipinski definition) is 3. The molecule has 1 aromatic heterocycles. The first-order chi connectivity index (χ1) is 14.3. The van der Waals surface area contributed by atoms with Gasteiger partial charge in [-0.05, 0) is 50.8 Å². The number of carbonyl (C=O) groups excluding carboxylic acids is 3. The first-order valence-corrected chi connectivity index (χ1v) is 10.1. The zero-order valence-corrected chi connectivity index (χ0v) is 17.2. The fraction of sp³-hybridized carbons (Fsp3) is 0.400. The SMILES string of the molecule is CCN(C(=O)c1nc[nH]c1C(N)=O)[C@H]1CC[C@H](C(=O)Nc2ccc(F)cc2Cl)CC1. The van der Waals surface area contributed by atoms with Gasteiger partial charge >= 0.3 is 0 Å². The third kappa shape index (κ3) is 4.62. The maximum Gasteiger partial charge on any atom is 0.275 e. The topological polar surface area (TPSA) is 121 Å². The van der Waals surface area contributed by atoms with Crippen LogP contribution >= 0.6 is 11.6 Å². The average molecular weight is 436 g/mol. The van der Waals surface area contributed by atoms with E-state index in [0.29, 0.717) is 37.9 Å². The standard InChI is InChI=1S/C20H23ClFN5O3/c1-2-27(20(30)17-16(18(23)28)24-10-25-17)13-6-3-11(4-7-13)19(29)26-15-8-5-12(22)9-14(15)21/h5,8-11,13H,2-4,6-7H2,1H3,(H2,23,28)(H,24,25)(H,26,29)/t11-,13-. The summed E-state index contributed by atoms with van der Waals surface area (Å²) in [6.45, 7) is 2.29. The lowest BCUT2D eigenvalue weighted by atomic mass is 9.84. The molecular weight excluding hydrogens is 413 g/mol. The van der Waals surface area contributed by atoms with Gasteiger partial charge in [-0.1, -0.05) is 11.6 Å². The Hall–Kier alpha value is -2.94. The highest BCUT2D eigenvalue weighted by Gasteiger charge is 2.33. The molecular formula is C20H23ClFN5O3. The summed E-state index contributed by atoms with van der Waals surface area (Å²) in [6, 6.07) is 3.74. The van der Waals surface area contributed by atoms with Gasteiger partial charge in [-0.15, -0.1) is 0 Å². The molecule has 1 aliphatic rings. The third-order valence-electron chi connectivity index (χ3n) is 5.39. The Kier molecular flexibility index (Phi) is 6.71. The number of aromatic nitrogens is 2. The van der Waals surface area contributed by atoms with Gasteiger partial charge in [-0.2, -0.15) is 0 Å². The molecule has 0 bridgehead atoms. The number of aromatic amines is 1. The van der Waals surface area contributed by atoms with E-state index in [4.69, 9.17) is 17.3 Å². The molecule has 30 heavy (non-hydrogen) atoms. The Bertz CT molecular complexity index is 956. The van der Waals surface area contributed by atoms with Crippen LogP contribution in [0.25, 0.3) is 0 Å². The van der Waals surface area contributed by atoms with Crippen molar-refractivity contribution in [2.45, 2.75) is 38.6 Å². The third-order valence-corrected chi connectivity index (χ3v) is 5.70. The summed E-state index contributed by atoms with van der Waals surface area (Å²) in [4.78, 5) is 45.2. The lowest BCUT2D eigenvalue weighted by Gasteiger charge is -2.35. The second-order valence-electron chi connectivity index (χ2n) is 7.20. The summed E-state index contributed by atoms with van der Waals surface area (Å²) >= 11 is 5.97. The average Bonchev–Trinajstić information content (AvgIpc) is 3.21. The molecule has 2 aromatic rings. The van der Waals surface area contributed by atoms with Gasteiger partial charge in [-0.3, -0.25) is 14.4 Å². The number of hydrogen-bond acceptors (Lipinski definition) is 4. The van der Waals surface area contributed by atoms with Crippen LogP contribution in [-0.4, -0.2) is 45.2 Å². The van der Waals surface area contributed by atoms with Crippen molar-refractivity contribution < 1.29 is 18.8 Å². The Morgan fingerprint density at radius 3 is 2.60 bits per heavy atom. The molecule has 3 amide bonds. The molecule has 8 nitrogen and oxygen atoms in total. The van der Waals surface area contributed by atoms with Crippen LogP contribution in [0.15, 0.2) is 24.5 Å². The van der Waals surface area contributed by atoms with Crippen molar-refractivity contribution in [3.05, 3.63) is 46.8 Å². The number of nitrogens with one attached hydrogen (secondary N) is 2. The van der Waals surface area contributed by atoms with Gasteiger partial charge in [0, 0.05) is 18.5 Å². The minimum Gasteiger partial charge on any atom is -0.364 e. The Morgan fingerprint density at radius 2 is 2.00 bits per heavy atom. The van der Waals surface area contributed by atoms with E-state index in [1.807, 2.05) is 6.92 Å². The Balaban J connectivity index is 1.62. The number of primary amides is 1. The van der Waals surface area contributed by atoms with Crippen LogP contribution in [0.5, 0.6) is 0 Å². The summed E-state index contributed by atoms with van der Waals surface area (Å²) in [6.07, 6.45) is 3.70. The summed E-state index contributed by atoms with van der Waals surface area (Å²) in [7, 11) is 0. The molecule has 0 spiro atoms. The maximum absolute atomic E-state index is 13.2. The fourth-order valence-corrected chi connectivity index (χ4v) is 4.04. The molecule has 4 N–H and O–H groups in total. The Morgan fingerprint density at radius 1 is 1.30 bits per heavy atom. The summed E-state index contributed by atoms with van der Waals surface area (Å²) in [5, 5.41) is 2.89. The summed E-state index contributed by atoms with van der Waals surface area (Å²) in [5.74, 6) is -1.99. The molecule has 1 fully saturated rings. The second kappa shape index (κ2) is 9.25. The molecule has 1 aliphatic carbocycles. The van der Waals surface area contributed by atoms with Crippen molar-refractivity contribution in [2.24, 2.45) is 11.7 Å². The van der Waals surface area contributed by atoms with Gasteiger partial charge in [0.15, 0.2) is 5.69 Å². The number of H-pyrrole nitrogens is 1. The van der Waals surface area contributed by atoms with Crippen LogP contribution < -0.4 is 11.1 Å². The van der Waals surface area contributed by atoms with E-state index < -0.39 is 11.7 Å². The monoisotopic (exact) mass is 435 g/mol. The van der Waals surface area contributed by atoms with Crippen molar-refractivity contribution in [1.82, 2.24) is 14.9 Å². The first-order valence-electron chi connectivity index (χ1n) is 9.71. The van der Waals surface area contributed by atoms with Crippen LogP contribution in [0.3, 0.4) is 0 Å². The predicted molar refractivity (Wildman–Crippen MR) is 110 cm³/mol. The highest BCUT2D eigenvalue weighted by Crippen LogP contribution is 2.30. The molecule has 0 radical (unpaired) electrons. The van der Waals surface area contributed by atoms with E-state index >= 15 is 0 Å².